The van der Waals surface area contributed by atoms with Crippen molar-refractivity contribution in [3.63, 3.8) is 0 Å². The first kappa shape index (κ1) is 31.2. The summed E-state index contributed by atoms with van der Waals surface area (Å²) in [6.45, 7) is 3.07. The molecule has 0 amide bonds. The topological polar surface area (TPSA) is 105 Å². The number of carbonyl (C=O) groups is 1. The highest BCUT2D eigenvalue weighted by Gasteiger charge is 2.51. The van der Waals surface area contributed by atoms with Gasteiger partial charge in [-0.3, -0.25) is 10.2 Å². The number of nitrogens with one attached hydrogen (secondary N) is 1. The third-order valence-corrected chi connectivity index (χ3v) is 8.81. The van der Waals surface area contributed by atoms with E-state index in [1.54, 1.807) is 34.1 Å². The number of hydrogen-bond donors (Lipinski definition) is 2. The Labute approximate surface area is 249 Å². The molecule has 12 heteroatoms. The van der Waals surface area contributed by atoms with Crippen LogP contribution in [0.15, 0.2) is 71.6 Å². The lowest BCUT2D eigenvalue weighted by Gasteiger charge is -2.58. The molecule has 1 aliphatic rings. The number of anilines is 2. The minimum Gasteiger partial charge on any atom is -0.481 e. The van der Waals surface area contributed by atoms with Crippen molar-refractivity contribution in [3.05, 3.63) is 89.0 Å². The van der Waals surface area contributed by atoms with E-state index in [-0.39, 0.29) is 36.9 Å². The highest BCUT2D eigenvalue weighted by Crippen LogP contribution is 2.42. The zero-order valence-electron chi connectivity index (χ0n) is 23.4. The van der Waals surface area contributed by atoms with E-state index < -0.39 is 33.0 Å². The summed E-state index contributed by atoms with van der Waals surface area (Å²) >= 11 is 6.19. The smallest absolute Gasteiger partial charge is 0.305 e. The second kappa shape index (κ2) is 12.7. The van der Waals surface area contributed by atoms with Gasteiger partial charge in [0.15, 0.2) is 27.4 Å². The maximum absolute atomic E-state index is 14.2. The predicted octanol–water partition coefficient (Wildman–Crippen LogP) is 5.76. The monoisotopic (exact) mass is 618 g/mol. The Hall–Kier alpha value is -3.70. The summed E-state index contributed by atoms with van der Waals surface area (Å²) in [6, 6.07) is 17.0. The quantitative estimate of drug-likeness (QED) is 0.208. The van der Waals surface area contributed by atoms with Crippen LogP contribution < -0.4 is 9.80 Å². The largest absolute Gasteiger partial charge is 0.481 e. The van der Waals surface area contributed by atoms with Crippen molar-refractivity contribution in [2.24, 2.45) is 0 Å². The van der Waals surface area contributed by atoms with E-state index in [0.29, 0.717) is 22.9 Å². The molecule has 0 aromatic heterocycles. The van der Waals surface area contributed by atoms with Gasteiger partial charge in [0.2, 0.25) is 0 Å². The summed E-state index contributed by atoms with van der Waals surface area (Å²) in [7, 11) is -3.44. The van der Waals surface area contributed by atoms with Gasteiger partial charge in [0.25, 0.3) is 0 Å². The van der Waals surface area contributed by atoms with Gasteiger partial charge >= 0.3 is 5.97 Å². The van der Waals surface area contributed by atoms with Crippen LogP contribution in [-0.4, -0.2) is 62.8 Å². The Morgan fingerprint density at radius 3 is 2.17 bits per heavy atom. The lowest BCUT2D eigenvalue weighted by Crippen LogP contribution is -2.71. The summed E-state index contributed by atoms with van der Waals surface area (Å²) in [4.78, 5) is 17.2. The molecular formula is C30H33ClF2N4O4S. The molecule has 42 heavy (non-hydrogen) atoms. The van der Waals surface area contributed by atoms with E-state index >= 15 is 0 Å². The number of carboxylic acids is 1. The van der Waals surface area contributed by atoms with Crippen LogP contribution in [0.1, 0.15) is 31.7 Å². The number of guanidine groups is 1. The standard InChI is InChI=1S/C30H33ClF2N4O4S/c1-3-4-16-36(24-11-14-26(32)27(33)18-24)29(34)35-19-30(20-35,21-5-7-22(31)8-6-21)37(17-15-28(38)39)23-9-12-25(13-10-23)42(2,40)41/h5-14,18,34H,3-4,15-17,19-20H2,1-2H3,(H,38,39). The van der Waals surface area contributed by atoms with Gasteiger partial charge < -0.3 is 19.8 Å². The Balaban J connectivity index is 1.73. The summed E-state index contributed by atoms with van der Waals surface area (Å²) in [5.74, 6) is -2.86. The van der Waals surface area contributed by atoms with Gasteiger partial charge in [-0.2, -0.15) is 0 Å². The number of unbranched alkanes of at least 4 members (excludes halogenated alkanes) is 1. The van der Waals surface area contributed by atoms with Gasteiger partial charge in [-0.05, 0) is 60.5 Å². The maximum atomic E-state index is 14.2. The summed E-state index contributed by atoms with van der Waals surface area (Å²) in [5, 5.41) is 19.1. The lowest BCUT2D eigenvalue weighted by molar-refractivity contribution is -0.136. The molecule has 3 aromatic rings. The van der Waals surface area contributed by atoms with Gasteiger partial charge in [-0.15, -0.1) is 0 Å². The summed E-state index contributed by atoms with van der Waals surface area (Å²) in [6.07, 6.45) is 2.48. The second-order valence-electron chi connectivity index (χ2n) is 10.4. The number of likely N-dealkylation sites (tertiary alicyclic amines) is 1. The number of halogens is 3. The van der Waals surface area contributed by atoms with Gasteiger partial charge in [-0.1, -0.05) is 37.1 Å². The average Bonchev–Trinajstić information content (AvgIpc) is 2.92. The number of carboxylic acid groups (broad SMARTS) is 1. The van der Waals surface area contributed by atoms with E-state index in [2.05, 4.69) is 0 Å². The first-order valence-corrected chi connectivity index (χ1v) is 15.7. The fraction of sp³-hybridized carbons (Fsp3) is 0.333. The van der Waals surface area contributed by atoms with Crippen LogP contribution in [0.25, 0.3) is 0 Å². The Bertz CT molecular complexity index is 1550. The van der Waals surface area contributed by atoms with Gasteiger partial charge in [0, 0.05) is 41.8 Å². The van der Waals surface area contributed by atoms with E-state index in [0.717, 1.165) is 36.8 Å². The number of rotatable bonds is 11. The normalized spacial score (nSPS) is 14.3. The molecule has 1 aliphatic heterocycles. The molecule has 0 unspecified atom stereocenters. The fourth-order valence-corrected chi connectivity index (χ4v) is 5.93. The van der Waals surface area contributed by atoms with Crippen molar-refractivity contribution in [1.29, 1.82) is 5.41 Å². The molecule has 0 spiro atoms. The van der Waals surface area contributed by atoms with Crippen LogP contribution in [0.2, 0.25) is 5.02 Å². The maximum Gasteiger partial charge on any atom is 0.305 e. The van der Waals surface area contributed by atoms with E-state index in [4.69, 9.17) is 17.0 Å². The third kappa shape index (κ3) is 6.68. The van der Waals surface area contributed by atoms with Crippen LogP contribution in [-0.2, 0) is 20.2 Å². The molecular weight excluding hydrogens is 586 g/mol. The molecule has 224 valence electrons. The van der Waals surface area contributed by atoms with Crippen molar-refractivity contribution in [3.8, 4) is 0 Å². The molecule has 2 N–H and O–H groups in total. The van der Waals surface area contributed by atoms with Gasteiger partial charge in [0.05, 0.1) is 24.4 Å². The predicted molar refractivity (Wildman–Crippen MR) is 160 cm³/mol. The molecule has 1 saturated heterocycles. The lowest BCUT2D eigenvalue weighted by atomic mass is 9.80. The molecule has 0 saturated carbocycles. The van der Waals surface area contributed by atoms with Crippen molar-refractivity contribution < 1.29 is 27.1 Å². The first-order chi connectivity index (χ1) is 19.9. The first-order valence-electron chi connectivity index (χ1n) is 13.5. The molecule has 4 rings (SSSR count). The van der Waals surface area contributed by atoms with Gasteiger partial charge in [-0.25, -0.2) is 17.2 Å². The highest BCUT2D eigenvalue weighted by atomic mass is 35.5. The number of hydrogen-bond acceptors (Lipinski definition) is 5. The second-order valence-corrected chi connectivity index (χ2v) is 12.8. The van der Waals surface area contributed by atoms with Crippen LogP contribution in [0.3, 0.4) is 0 Å². The van der Waals surface area contributed by atoms with Crippen LogP contribution in [0.4, 0.5) is 20.2 Å². The van der Waals surface area contributed by atoms with Gasteiger partial charge in [0.1, 0.15) is 5.54 Å². The van der Waals surface area contributed by atoms with Crippen LogP contribution >= 0.6 is 11.6 Å². The number of aliphatic carboxylic acids is 1. The molecule has 0 aliphatic carbocycles. The molecule has 1 fully saturated rings. The van der Waals surface area contributed by atoms with Crippen molar-refractivity contribution in [2.45, 2.75) is 36.6 Å². The molecule has 3 aromatic carbocycles. The Kier molecular flexibility index (Phi) is 9.42. The zero-order valence-corrected chi connectivity index (χ0v) is 24.9. The molecule has 0 atom stereocenters. The Morgan fingerprint density at radius 1 is 1.00 bits per heavy atom. The minimum absolute atomic E-state index is 0.102. The van der Waals surface area contributed by atoms with Crippen molar-refractivity contribution in [2.75, 3.05) is 42.2 Å². The van der Waals surface area contributed by atoms with E-state index in [1.807, 2.05) is 24.0 Å². The molecule has 0 bridgehead atoms. The number of sulfone groups is 1. The summed E-state index contributed by atoms with van der Waals surface area (Å²) in [5.41, 5.74) is 1.01. The Morgan fingerprint density at radius 2 is 1.62 bits per heavy atom. The third-order valence-electron chi connectivity index (χ3n) is 7.43. The molecule has 0 radical (unpaired) electrons. The van der Waals surface area contributed by atoms with E-state index in [9.17, 15) is 27.1 Å². The zero-order chi connectivity index (χ0) is 30.7. The van der Waals surface area contributed by atoms with Crippen molar-refractivity contribution in [1.82, 2.24) is 4.90 Å². The number of benzene rings is 3. The van der Waals surface area contributed by atoms with E-state index in [1.165, 1.54) is 18.2 Å². The average molecular weight is 619 g/mol. The van der Waals surface area contributed by atoms with Crippen molar-refractivity contribution >= 4 is 44.7 Å². The summed E-state index contributed by atoms with van der Waals surface area (Å²) < 4.78 is 52.0. The fourth-order valence-electron chi connectivity index (χ4n) is 5.17. The SMILES string of the molecule is CCCCN(C(=N)N1CC(c2ccc(Cl)cc2)(N(CCC(=O)O)c2ccc(S(C)(=O)=O)cc2)C1)c1ccc(F)c(F)c1. The van der Waals surface area contributed by atoms with Crippen LogP contribution in [0, 0.1) is 17.0 Å². The van der Waals surface area contributed by atoms with Crippen LogP contribution in [0.5, 0.6) is 0 Å². The minimum atomic E-state index is -3.44. The number of nitrogens with zero attached hydrogens (tertiary/aromatic N) is 3. The molecule has 1 heterocycles. The highest BCUT2D eigenvalue weighted by molar-refractivity contribution is 7.90. The molecule has 8 nitrogen and oxygen atoms in total.